The van der Waals surface area contributed by atoms with E-state index in [1.807, 2.05) is 0 Å². The zero-order valence-corrected chi connectivity index (χ0v) is 11.3. The summed E-state index contributed by atoms with van der Waals surface area (Å²) in [7, 11) is 1.73. The number of hydrogen-bond acceptors (Lipinski definition) is 3. The Balaban J connectivity index is 2.07. The Morgan fingerprint density at radius 3 is 2.61 bits per heavy atom. The summed E-state index contributed by atoms with van der Waals surface area (Å²) in [6.45, 7) is 4.69. The van der Waals surface area contributed by atoms with Crippen molar-refractivity contribution in [2.24, 2.45) is 5.92 Å². The summed E-state index contributed by atoms with van der Waals surface area (Å²) in [5.41, 5.74) is -0.874. The molecular formula is C13H22N2O3. The normalized spacial score (nSPS) is 29.2. The van der Waals surface area contributed by atoms with Crippen molar-refractivity contribution in [3.8, 4) is 0 Å². The fourth-order valence-electron chi connectivity index (χ4n) is 3.03. The molecule has 18 heavy (non-hydrogen) atoms. The summed E-state index contributed by atoms with van der Waals surface area (Å²) in [4.78, 5) is 27.3. The first-order valence-corrected chi connectivity index (χ1v) is 6.57. The third kappa shape index (κ3) is 2.36. The van der Waals surface area contributed by atoms with Crippen LogP contribution in [0.15, 0.2) is 0 Å². The molecule has 0 aliphatic carbocycles. The molecule has 2 aliphatic heterocycles. The monoisotopic (exact) mass is 254 g/mol. The molecule has 0 aromatic heterocycles. The number of likely N-dealkylation sites (tertiary alicyclic amines) is 2. The van der Waals surface area contributed by atoms with Gasteiger partial charge in [-0.05, 0) is 26.7 Å². The molecule has 0 bridgehead atoms. The molecule has 0 aromatic carbocycles. The molecule has 2 aliphatic rings. The minimum Gasteiger partial charge on any atom is -0.388 e. The van der Waals surface area contributed by atoms with Crippen LogP contribution < -0.4 is 0 Å². The summed E-state index contributed by atoms with van der Waals surface area (Å²) >= 11 is 0. The average molecular weight is 254 g/mol. The molecule has 0 aromatic rings. The average Bonchev–Trinajstić information content (AvgIpc) is 2.84. The van der Waals surface area contributed by atoms with Gasteiger partial charge in [0.25, 0.3) is 0 Å². The Morgan fingerprint density at radius 1 is 1.44 bits per heavy atom. The molecule has 2 unspecified atom stereocenters. The highest BCUT2D eigenvalue weighted by atomic mass is 16.3. The van der Waals surface area contributed by atoms with Gasteiger partial charge in [-0.25, -0.2) is 0 Å². The summed E-state index contributed by atoms with van der Waals surface area (Å²) in [6, 6.07) is -0.119. The molecule has 5 heteroatoms. The standard InChI is InChI=1S/C13H22N2O3/c1-13(2,18)10-5-4-6-15(10)12(17)9-7-11(16)14(3)8-9/h9-10,18H,4-8H2,1-3H3. The Bertz CT molecular complexity index is 362. The highest BCUT2D eigenvalue weighted by Crippen LogP contribution is 2.30. The van der Waals surface area contributed by atoms with Crippen molar-refractivity contribution in [1.29, 1.82) is 0 Å². The first kappa shape index (κ1) is 13.3. The summed E-state index contributed by atoms with van der Waals surface area (Å²) in [6.07, 6.45) is 2.08. The maximum Gasteiger partial charge on any atom is 0.228 e. The SMILES string of the molecule is CN1CC(C(=O)N2CCCC2C(C)(C)O)CC1=O. The second-order valence-electron chi connectivity index (χ2n) is 6.02. The van der Waals surface area contributed by atoms with Gasteiger partial charge in [0.15, 0.2) is 0 Å². The first-order chi connectivity index (χ1) is 8.30. The quantitative estimate of drug-likeness (QED) is 0.767. The van der Waals surface area contributed by atoms with Crippen LogP contribution in [0.1, 0.15) is 33.1 Å². The van der Waals surface area contributed by atoms with Crippen LogP contribution in [0.5, 0.6) is 0 Å². The van der Waals surface area contributed by atoms with E-state index < -0.39 is 5.60 Å². The van der Waals surface area contributed by atoms with Crippen molar-refractivity contribution in [3.63, 3.8) is 0 Å². The highest BCUT2D eigenvalue weighted by molar-refractivity contribution is 5.89. The maximum atomic E-state index is 12.4. The number of carbonyl (C=O) groups excluding carboxylic acids is 2. The van der Waals surface area contributed by atoms with Gasteiger partial charge >= 0.3 is 0 Å². The maximum absolute atomic E-state index is 12.4. The molecule has 2 amide bonds. The lowest BCUT2D eigenvalue weighted by Crippen LogP contribution is -2.50. The van der Waals surface area contributed by atoms with Gasteiger partial charge in [-0.3, -0.25) is 9.59 Å². The van der Waals surface area contributed by atoms with Gasteiger partial charge in [-0.1, -0.05) is 0 Å². The van der Waals surface area contributed by atoms with Gasteiger partial charge in [0.1, 0.15) is 0 Å². The van der Waals surface area contributed by atoms with Gasteiger partial charge in [0.2, 0.25) is 11.8 Å². The summed E-state index contributed by atoms with van der Waals surface area (Å²) < 4.78 is 0. The van der Waals surface area contributed by atoms with Crippen molar-refractivity contribution in [2.45, 2.75) is 44.8 Å². The van der Waals surface area contributed by atoms with E-state index in [1.54, 1.807) is 30.7 Å². The van der Waals surface area contributed by atoms with E-state index in [9.17, 15) is 14.7 Å². The molecule has 0 spiro atoms. The van der Waals surface area contributed by atoms with Crippen molar-refractivity contribution in [1.82, 2.24) is 9.80 Å². The van der Waals surface area contributed by atoms with Crippen LogP contribution in [0, 0.1) is 5.92 Å². The van der Waals surface area contributed by atoms with Crippen LogP contribution in [0.2, 0.25) is 0 Å². The van der Waals surface area contributed by atoms with Crippen LogP contribution in [0.3, 0.4) is 0 Å². The fourth-order valence-corrected chi connectivity index (χ4v) is 3.03. The van der Waals surface area contributed by atoms with Crippen molar-refractivity contribution >= 4 is 11.8 Å². The zero-order chi connectivity index (χ0) is 13.5. The second kappa shape index (κ2) is 4.53. The molecule has 2 atom stereocenters. The number of carbonyl (C=O) groups is 2. The number of hydrogen-bond donors (Lipinski definition) is 1. The van der Waals surface area contributed by atoms with Crippen LogP contribution >= 0.6 is 0 Å². The predicted molar refractivity (Wildman–Crippen MR) is 66.8 cm³/mol. The second-order valence-corrected chi connectivity index (χ2v) is 6.02. The number of amides is 2. The Kier molecular flexibility index (Phi) is 3.36. The lowest BCUT2D eigenvalue weighted by Gasteiger charge is -2.35. The minimum atomic E-state index is -0.874. The predicted octanol–water partition coefficient (Wildman–Crippen LogP) is 0.227. The molecule has 2 saturated heterocycles. The first-order valence-electron chi connectivity index (χ1n) is 6.57. The van der Waals surface area contributed by atoms with Crippen molar-refractivity contribution in [3.05, 3.63) is 0 Å². The lowest BCUT2D eigenvalue weighted by atomic mass is 9.95. The number of nitrogens with zero attached hydrogens (tertiary/aromatic N) is 2. The third-order valence-corrected chi connectivity index (χ3v) is 4.04. The van der Waals surface area contributed by atoms with Crippen LogP contribution in [-0.4, -0.2) is 58.5 Å². The van der Waals surface area contributed by atoms with Gasteiger partial charge in [-0.15, -0.1) is 0 Å². The van der Waals surface area contributed by atoms with E-state index in [0.717, 1.165) is 12.8 Å². The molecule has 5 nitrogen and oxygen atoms in total. The van der Waals surface area contributed by atoms with Gasteiger partial charge < -0.3 is 14.9 Å². The molecule has 2 rings (SSSR count). The van der Waals surface area contributed by atoms with Crippen LogP contribution in [0.4, 0.5) is 0 Å². The smallest absolute Gasteiger partial charge is 0.228 e. The Hall–Kier alpha value is -1.10. The third-order valence-electron chi connectivity index (χ3n) is 4.04. The van der Waals surface area contributed by atoms with E-state index in [2.05, 4.69) is 0 Å². The van der Waals surface area contributed by atoms with E-state index in [4.69, 9.17) is 0 Å². The minimum absolute atomic E-state index is 0.0253. The largest absolute Gasteiger partial charge is 0.388 e. The van der Waals surface area contributed by atoms with Gasteiger partial charge in [0.05, 0.1) is 17.6 Å². The Labute approximate surface area is 108 Å². The number of aliphatic hydroxyl groups is 1. The van der Waals surface area contributed by atoms with Crippen molar-refractivity contribution < 1.29 is 14.7 Å². The van der Waals surface area contributed by atoms with Crippen molar-refractivity contribution in [2.75, 3.05) is 20.1 Å². The van der Waals surface area contributed by atoms with E-state index in [0.29, 0.717) is 19.5 Å². The molecule has 0 saturated carbocycles. The lowest BCUT2D eigenvalue weighted by molar-refractivity contribution is -0.141. The molecular weight excluding hydrogens is 232 g/mol. The zero-order valence-electron chi connectivity index (χ0n) is 11.3. The van der Waals surface area contributed by atoms with Crippen LogP contribution in [0.25, 0.3) is 0 Å². The molecule has 2 heterocycles. The Morgan fingerprint density at radius 2 is 2.11 bits per heavy atom. The summed E-state index contributed by atoms with van der Waals surface area (Å²) in [5, 5.41) is 10.1. The van der Waals surface area contributed by atoms with E-state index in [-0.39, 0.29) is 23.8 Å². The van der Waals surface area contributed by atoms with Gasteiger partial charge in [0, 0.05) is 26.6 Å². The fraction of sp³-hybridized carbons (Fsp3) is 0.846. The molecule has 1 N–H and O–H groups in total. The molecule has 0 radical (unpaired) electrons. The molecule has 102 valence electrons. The topological polar surface area (TPSA) is 60.9 Å². The number of rotatable bonds is 2. The summed E-state index contributed by atoms with van der Waals surface area (Å²) in [5.74, 6) is -0.171. The van der Waals surface area contributed by atoms with E-state index >= 15 is 0 Å². The van der Waals surface area contributed by atoms with Crippen LogP contribution in [-0.2, 0) is 9.59 Å². The van der Waals surface area contributed by atoms with E-state index in [1.165, 1.54) is 0 Å². The highest BCUT2D eigenvalue weighted by Gasteiger charge is 2.42. The molecule has 2 fully saturated rings. The van der Waals surface area contributed by atoms with Gasteiger partial charge in [-0.2, -0.15) is 0 Å².